The van der Waals surface area contributed by atoms with Crippen molar-refractivity contribution in [2.45, 2.75) is 37.8 Å². The maximum Gasteiger partial charge on any atom is 0.237 e. The Balaban J connectivity index is 1.48. The molecule has 6 heteroatoms. The maximum absolute atomic E-state index is 13.2. The Bertz CT molecular complexity index is 956. The van der Waals surface area contributed by atoms with Gasteiger partial charge in [-0.2, -0.15) is 0 Å². The molecule has 0 fully saturated rings. The van der Waals surface area contributed by atoms with Crippen molar-refractivity contribution in [1.82, 2.24) is 10.3 Å². The van der Waals surface area contributed by atoms with Crippen LogP contribution in [0.3, 0.4) is 0 Å². The molecule has 2 aromatic carbocycles. The van der Waals surface area contributed by atoms with Crippen LogP contribution < -0.4 is 11.1 Å². The fourth-order valence-electron chi connectivity index (χ4n) is 3.51. The van der Waals surface area contributed by atoms with Gasteiger partial charge in [-0.25, -0.2) is 9.37 Å². The first kappa shape index (κ1) is 18.8. The molecule has 1 aliphatic rings. The van der Waals surface area contributed by atoms with E-state index in [1.54, 1.807) is 23.5 Å². The third-order valence-electron chi connectivity index (χ3n) is 4.99. The van der Waals surface area contributed by atoms with Gasteiger partial charge in [-0.05, 0) is 55.5 Å². The monoisotopic (exact) mass is 395 g/mol. The van der Waals surface area contributed by atoms with Crippen LogP contribution in [0.15, 0.2) is 54.6 Å². The number of carbonyl (C=O) groups is 1. The Labute approximate surface area is 167 Å². The summed E-state index contributed by atoms with van der Waals surface area (Å²) in [6.07, 6.45) is 3.26. The molecule has 0 saturated heterocycles. The van der Waals surface area contributed by atoms with Crippen molar-refractivity contribution in [3.05, 3.63) is 76.5 Å². The minimum atomic E-state index is -0.586. The average molecular weight is 396 g/mol. The molecule has 0 spiro atoms. The van der Waals surface area contributed by atoms with E-state index in [2.05, 4.69) is 5.32 Å². The number of hydrogen-bond acceptors (Lipinski definition) is 4. The second kappa shape index (κ2) is 8.20. The number of hydrogen-bond donors (Lipinski definition) is 2. The molecule has 0 aliphatic heterocycles. The maximum atomic E-state index is 13.2. The zero-order valence-electron chi connectivity index (χ0n) is 15.4. The van der Waals surface area contributed by atoms with Gasteiger partial charge in [-0.15, -0.1) is 11.3 Å². The fourth-order valence-corrected chi connectivity index (χ4v) is 4.72. The zero-order valence-corrected chi connectivity index (χ0v) is 16.2. The predicted molar refractivity (Wildman–Crippen MR) is 109 cm³/mol. The lowest BCUT2D eigenvalue weighted by Gasteiger charge is -2.24. The molecule has 2 atom stereocenters. The Morgan fingerprint density at radius 1 is 1.21 bits per heavy atom. The number of aromatic nitrogens is 1. The minimum Gasteiger partial charge on any atom is -0.347 e. The number of carbonyl (C=O) groups excluding carboxylic acids is 1. The SMILES string of the molecule is N[C@@H](Cc1ccccc1)C(=O)NC1CCCc2nc(-c3ccc(F)cc3)sc21. The van der Waals surface area contributed by atoms with E-state index < -0.39 is 6.04 Å². The lowest BCUT2D eigenvalue weighted by atomic mass is 9.97. The highest BCUT2D eigenvalue weighted by atomic mass is 32.1. The molecule has 1 unspecified atom stereocenters. The summed E-state index contributed by atoms with van der Waals surface area (Å²) in [5, 5.41) is 3.98. The Hall–Kier alpha value is -2.57. The van der Waals surface area contributed by atoms with Crippen LogP contribution in [0.25, 0.3) is 10.6 Å². The highest BCUT2D eigenvalue weighted by molar-refractivity contribution is 7.15. The quantitative estimate of drug-likeness (QED) is 0.686. The van der Waals surface area contributed by atoms with E-state index in [0.29, 0.717) is 6.42 Å². The lowest BCUT2D eigenvalue weighted by Crippen LogP contribution is -2.44. The predicted octanol–water partition coefficient (Wildman–Crippen LogP) is 4.01. The lowest BCUT2D eigenvalue weighted by molar-refractivity contribution is -0.123. The zero-order chi connectivity index (χ0) is 19.5. The second-order valence-electron chi connectivity index (χ2n) is 7.09. The van der Waals surface area contributed by atoms with Crippen molar-refractivity contribution in [1.29, 1.82) is 0 Å². The summed E-state index contributed by atoms with van der Waals surface area (Å²) in [5.41, 5.74) is 9.10. The molecule has 0 radical (unpaired) electrons. The Morgan fingerprint density at radius 2 is 1.96 bits per heavy atom. The summed E-state index contributed by atoms with van der Waals surface area (Å²) in [6.45, 7) is 0. The standard InChI is InChI=1S/C22H22FN3OS/c23-16-11-9-15(10-12-16)22-26-19-8-4-7-18(20(19)28-22)25-21(27)17(24)13-14-5-2-1-3-6-14/h1-3,5-6,9-12,17-18H,4,7-8,13,24H2,(H,25,27)/t17-,18?/m0/s1. The molecule has 3 N–H and O–H groups in total. The van der Waals surface area contributed by atoms with E-state index in [1.165, 1.54) is 12.1 Å². The van der Waals surface area contributed by atoms with Crippen molar-refractivity contribution in [3.63, 3.8) is 0 Å². The molecule has 3 aromatic rings. The van der Waals surface area contributed by atoms with E-state index in [1.807, 2.05) is 30.3 Å². The summed E-state index contributed by atoms with van der Waals surface area (Å²) in [6, 6.07) is 15.5. The molecular weight excluding hydrogens is 373 g/mol. The molecule has 0 bridgehead atoms. The molecule has 4 nitrogen and oxygen atoms in total. The van der Waals surface area contributed by atoms with Crippen molar-refractivity contribution in [2.75, 3.05) is 0 Å². The Morgan fingerprint density at radius 3 is 2.71 bits per heavy atom. The topological polar surface area (TPSA) is 68.0 Å². The smallest absolute Gasteiger partial charge is 0.237 e. The summed E-state index contributed by atoms with van der Waals surface area (Å²) in [7, 11) is 0. The molecule has 1 aromatic heterocycles. The van der Waals surface area contributed by atoms with Gasteiger partial charge in [0.05, 0.1) is 22.7 Å². The molecule has 144 valence electrons. The number of thiazole rings is 1. The summed E-state index contributed by atoms with van der Waals surface area (Å²) >= 11 is 1.57. The highest BCUT2D eigenvalue weighted by Gasteiger charge is 2.27. The Kier molecular flexibility index (Phi) is 5.50. The van der Waals surface area contributed by atoms with Gasteiger partial charge in [-0.1, -0.05) is 30.3 Å². The summed E-state index contributed by atoms with van der Waals surface area (Å²) < 4.78 is 13.2. The van der Waals surface area contributed by atoms with Crippen LogP contribution in [0.4, 0.5) is 4.39 Å². The van der Waals surface area contributed by atoms with Crippen LogP contribution in [0, 0.1) is 5.82 Å². The number of nitrogens with zero attached hydrogens (tertiary/aromatic N) is 1. The van der Waals surface area contributed by atoms with E-state index in [0.717, 1.165) is 46.0 Å². The van der Waals surface area contributed by atoms with Crippen molar-refractivity contribution >= 4 is 17.2 Å². The van der Waals surface area contributed by atoms with Crippen LogP contribution in [0.5, 0.6) is 0 Å². The molecular formula is C22H22FN3OS. The van der Waals surface area contributed by atoms with Gasteiger partial charge in [0.2, 0.25) is 5.91 Å². The third kappa shape index (κ3) is 4.13. The van der Waals surface area contributed by atoms with Gasteiger partial charge in [0.25, 0.3) is 0 Å². The number of halogens is 1. The number of nitrogens with one attached hydrogen (secondary N) is 1. The van der Waals surface area contributed by atoms with Crippen molar-refractivity contribution < 1.29 is 9.18 Å². The number of aryl methyl sites for hydroxylation is 1. The number of benzene rings is 2. The number of rotatable bonds is 5. The number of amides is 1. The fraction of sp³-hybridized carbons (Fsp3) is 0.273. The van der Waals surface area contributed by atoms with Gasteiger partial charge in [0.1, 0.15) is 10.8 Å². The first-order valence-electron chi connectivity index (χ1n) is 9.45. The average Bonchev–Trinajstić information content (AvgIpc) is 3.14. The van der Waals surface area contributed by atoms with Crippen LogP contribution >= 0.6 is 11.3 Å². The summed E-state index contributed by atoms with van der Waals surface area (Å²) in [4.78, 5) is 18.5. The molecule has 0 saturated carbocycles. The van der Waals surface area contributed by atoms with Crippen LogP contribution in [-0.4, -0.2) is 16.9 Å². The second-order valence-corrected chi connectivity index (χ2v) is 8.12. The van der Waals surface area contributed by atoms with Gasteiger partial charge < -0.3 is 11.1 Å². The van der Waals surface area contributed by atoms with Gasteiger partial charge in [0.15, 0.2) is 0 Å². The van der Waals surface area contributed by atoms with Crippen molar-refractivity contribution in [2.24, 2.45) is 5.73 Å². The minimum absolute atomic E-state index is 0.0650. The van der Waals surface area contributed by atoms with Crippen LogP contribution in [0.1, 0.15) is 35.0 Å². The van der Waals surface area contributed by atoms with Gasteiger partial charge in [0, 0.05) is 5.56 Å². The van der Waals surface area contributed by atoms with E-state index in [4.69, 9.17) is 10.7 Å². The largest absolute Gasteiger partial charge is 0.347 e. The molecule has 1 amide bonds. The summed E-state index contributed by atoms with van der Waals surface area (Å²) in [5.74, 6) is -0.402. The number of nitrogens with two attached hydrogens (primary N) is 1. The molecule has 28 heavy (non-hydrogen) atoms. The highest BCUT2D eigenvalue weighted by Crippen LogP contribution is 2.38. The van der Waals surface area contributed by atoms with Crippen LogP contribution in [-0.2, 0) is 17.6 Å². The molecule has 4 rings (SSSR count). The first-order chi connectivity index (χ1) is 13.6. The third-order valence-corrected chi connectivity index (χ3v) is 6.25. The van der Waals surface area contributed by atoms with Crippen molar-refractivity contribution in [3.8, 4) is 10.6 Å². The first-order valence-corrected chi connectivity index (χ1v) is 10.3. The van der Waals surface area contributed by atoms with E-state index in [9.17, 15) is 9.18 Å². The van der Waals surface area contributed by atoms with E-state index in [-0.39, 0.29) is 17.8 Å². The molecule has 1 heterocycles. The van der Waals surface area contributed by atoms with E-state index >= 15 is 0 Å². The van der Waals surface area contributed by atoms with Crippen LogP contribution in [0.2, 0.25) is 0 Å². The van der Waals surface area contributed by atoms with Gasteiger partial charge in [-0.3, -0.25) is 4.79 Å². The number of fused-ring (bicyclic) bond motifs is 1. The molecule has 1 aliphatic carbocycles. The van der Waals surface area contributed by atoms with Gasteiger partial charge >= 0.3 is 0 Å². The normalized spacial score (nSPS) is 17.0.